The monoisotopic (exact) mass is 296 g/mol. The third-order valence-corrected chi connectivity index (χ3v) is 4.20. The fourth-order valence-electron chi connectivity index (χ4n) is 0.249. The standard InChI is InChI=1S/C6H10O4S2.C2H4O2.Mg.2H/c1-3(5(7)8)11-12-4(2)6(9)10;1-2(3)4;;;/h3-4H,1-2H3,(H,7,8)(H,9,10);1H3,(H,3,4);;;/q;;+2;2*-1. The Labute approximate surface area is 126 Å². The van der Waals surface area contributed by atoms with Crippen molar-refractivity contribution in [2.75, 3.05) is 0 Å². The Morgan fingerprint density at radius 2 is 1.12 bits per heavy atom. The first-order chi connectivity index (χ1) is 7.18. The fraction of sp³-hybridized carbons (Fsp3) is 0.625. The van der Waals surface area contributed by atoms with Gasteiger partial charge in [-0.05, 0) is 13.8 Å². The van der Waals surface area contributed by atoms with E-state index in [0.29, 0.717) is 0 Å². The number of carbonyl (C=O) groups is 3. The predicted octanol–water partition coefficient (Wildman–Crippen LogP) is 1.25. The van der Waals surface area contributed by atoms with Crippen LogP contribution >= 0.6 is 21.6 Å². The van der Waals surface area contributed by atoms with Crippen molar-refractivity contribution in [2.24, 2.45) is 0 Å². The summed E-state index contributed by atoms with van der Waals surface area (Å²) in [7, 11) is 2.11. The molecule has 0 saturated carbocycles. The first-order valence-electron chi connectivity index (χ1n) is 4.15. The van der Waals surface area contributed by atoms with Crippen LogP contribution in [0.3, 0.4) is 0 Å². The number of hydrogen-bond donors (Lipinski definition) is 3. The molecule has 0 radical (unpaired) electrons. The molecule has 3 N–H and O–H groups in total. The second-order valence-electron chi connectivity index (χ2n) is 2.67. The van der Waals surface area contributed by atoms with E-state index >= 15 is 0 Å². The van der Waals surface area contributed by atoms with E-state index in [1.165, 1.54) is 13.8 Å². The molecule has 0 amide bonds. The molecular weight excluding hydrogens is 281 g/mol. The Kier molecular flexibility index (Phi) is 16.0. The molecule has 0 aliphatic rings. The molecule has 9 heteroatoms. The molecule has 98 valence electrons. The summed E-state index contributed by atoms with van der Waals surface area (Å²) in [6.45, 7) is 4.13. The smallest absolute Gasteiger partial charge is 1.00 e. The number of carboxylic acid groups (broad SMARTS) is 3. The maximum absolute atomic E-state index is 10.3. The van der Waals surface area contributed by atoms with Gasteiger partial charge in [0, 0.05) is 6.92 Å². The third kappa shape index (κ3) is 18.4. The Hall–Kier alpha value is -0.124. The molecule has 0 aromatic heterocycles. The van der Waals surface area contributed by atoms with Crippen LogP contribution in [-0.4, -0.2) is 66.8 Å². The van der Waals surface area contributed by atoms with Gasteiger partial charge in [0.05, 0.1) is 0 Å². The Bertz CT molecular complexity index is 246. The van der Waals surface area contributed by atoms with Crippen molar-refractivity contribution >= 4 is 62.5 Å². The molecule has 0 bridgehead atoms. The van der Waals surface area contributed by atoms with Crippen LogP contribution < -0.4 is 0 Å². The maximum atomic E-state index is 10.3. The molecule has 0 spiro atoms. The van der Waals surface area contributed by atoms with Gasteiger partial charge >= 0.3 is 35.0 Å². The minimum atomic E-state index is -0.926. The van der Waals surface area contributed by atoms with Gasteiger partial charge < -0.3 is 18.2 Å². The summed E-state index contributed by atoms with van der Waals surface area (Å²) in [6.07, 6.45) is 0. The molecule has 0 aromatic carbocycles. The molecule has 0 rings (SSSR count). The van der Waals surface area contributed by atoms with E-state index < -0.39 is 28.4 Å². The zero-order valence-corrected chi connectivity index (χ0v) is 12.8. The van der Waals surface area contributed by atoms with Crippen LogP contribution in [0.15, 0.2) is 0 Å². The van der Waals surface area contributed by atoms with Crippen molar-refractivity contribution < 1.29 is 32.6 Å². The van der Waals surface area contributed by atoms with Gasteiger partial charge in [-0.1, -0.05) is 21.6 Å². The van der Waals surface area contributed by atoms with Gasteiger partial charge in [-0.25, -0.2) is 0 Å². The molecule has 0 aliphatic carbocycles. The second-order valence-corrected chi connectivity index (χ2v) is 5.63. The molecule has 2 atom stereocenters. The summed E-state index contributed by atoms with van der Waals surface area (Å²) in [5.41, 5.74) is 0. The summed E-state index contributed by atoms with van der Waals surface area (Å²) in [6, 6.07) is 0. The normalized spacial score (nSPS) is 12.2. The van der Waals surface area contributed by atoms with Crippen molar-refractivity contribution in [3.63, 3.8) is 0 Å². The van der Waals surface area contributed by atoms with Crippen LogP contribution in [0.1, 0.15) is 23.6 Å². The fourth-order valence-corrected chi connectivity index (χ4v) is 2.24. The summed E-state index contributed by atoms with van der Waals surface area (Å²) in [4.78, 5) is 29.6. The van der Waals surface area contributed by atoms with Gasteiger partial charge in [0.15, 0.2) is 0 Å². The van der Waals surface area contributed by atoms with Crippen molar-refractivity contribution in [3.05, 3.63) is 0 Å². The Balaban J connectivity index is -0.0000000827. The molecule has 17 heavy (non-hydrogen) atoms. The number of aliphatic carboxylic acids is 3. The van der Waals surface area contributed by atoms with Crippen molar-refractivity contribution in [1.29, 1.82) is 0 Å². The number of rotatable bonds is 5. The average Bonchev–Trinajstić information content (AvgIpc) is 2.12. The molecule has 0 saturated heterocycles. The molecule has 0 aliphatic heterocycles. The van der Waals surface area contributed by atoms with Gasteiger partial charge in [-0.2, -0.15) is 0 Å². The summed E-state index contributed by atoms with van der Waals surface area (Å²) < 4.78 is 0. The van der Waals surface area contributed by atoms with E-state index in [2.05, 4.69) is 0 Å². The number of hydrogen-bond acceptors (Lipinski definition) is 5. The molecule has 2 unspecified atom stereocenters. The zero-order valence-electron chi connectivity index (χ0n) is 11.7. The first kappa shape index (κ1) is 22.1. The molecule has 0 aromatic rings. The zero-order chi connectivity index (χ0) is 13.3. The van der Waals surface area contributed by atoms with Crippen molar-refractivity contribution in [2.45, 2.75) is 31.3 Å². The third-order valence-electron chi connectivity index (χ3n) is 1.04. The number of carboxylic acids is 3. The second kappa shape index (κ2) is 12.3. The maximum Gasteiger partial charge on any atom is 2.00 e. The van der Waals surface area contributed by atoms with E-state index in [1.54, 1.807) is 0 Å². The van der Waals surface area contributed by atoms with E-state index in [-0.39, 0.29) is 25.9 Å². The topological polar surface area (TPSA) is 112 Å². The first-order valence-corrected chi connectivity index (χ1v) is 6.43. The van der Waals surface area contributed by atoms with E-state index in [4.69, 9.17) is 20.1 Å². The quantitative estimate of drug-likeness (QED) is 0.513. The van der Waals surface area contributed by atoms with E-state index in [1.807, 2.05) is 0 Å². The molecule has 6 nitrogen and oxygen atoms in total. The summed E-state index contributed by atoms with van der Waals surface area (Å²) in [5, 5.41) is 23.2. The van der Waals surface area contributed by atoms with E-state index in [9.17, 15) is 9.59 Å². The van der Waals surface area contributed by atoms with Crippen LogP contribution in [-0.2, 0) is 14.4 Å². The van der Waals surface area contributed by atoms with Crippen LogP contribution in [0.5, 0.6) is 0 Å². The molecule has 0 heterocycles. The van der Waals surface area contributed by atoms with Crippen LogP contribution in [0.4, 0.5) is 0 Å². The summed E-state index contributed by atoms with van der Waals surface area (Å²) >= 11 is 0. The Morgan fingerprint density at radius 3 is 1.24 bits per heavy atom. The largest absolute Gasteiger partial charge is 2.00 e. The van der Waals surface area contributed by atoms with Gasteiger partial charge in [0.25, 0.3) is 5.97 Å². The van der Waals surface area contributed by atoms with Crippen molar-refractivity contribution in [1.82, 2.24) is 0 Å². The minimum absolute atomic E-state index is 0. The van der Waals surface area contributed by atoms with E-state index in [0.717, 1.165) is 28.5 Å². The van der Waals surface area contributed by atoms with Crippen LogP contribution in [0, 0.1) is 0 Å². The van der Waals surface area contributed by atoms with Gasteiger partial charge in [-0.3, -0.25) is 14.4 Å². The van der Waals surface area contributed by atoms with Gasteiger partial charge in [0.1, 0.15) is 10.5 Å². The predicted molar refractivity (Wildman–Crippen MR) is 70.7 cm³/mol. The van der Waals surface area contributed by atoms with Crippen LogP contribution in [0.2, 0.25) is 0 Å². The average molecular weight is 297 g/mol. The SMILES string of the molecule is CC(=O)O.CC(SSC(C)C(=O)O)C(=O)O.[H-].[H-].[Mg+2]. The van der Waals surface area contributed by atoms with Gasteiger partial charge in [-0.15, -0.1) is 0 Å². The summed E-state index contributed by atoms with van der Waals surface area (Å²) in [5.74, 6) is -2.69. The van der Waals surface area contributed by atoms with Crippen LogP contribution in [0.25, 0.3) is 0 Å². The van der Waals surface area contributed by atoms with Crippen molar-refractivity contribution in [3.8, 4) is 0 Å². The minimum Gasteiger partial charge on any atom is -1.00 e. The molecular formula is C8H16MgO6S2. The molecule has 0 fully saturated rings. The van der Waals surface area contributed by atoms with Gasteiger partial charge in [0.2, 0.25) is 0 Å². The Morgan fingerprint density at radius 1 is 0.941 bits per heavy atom.